The van der Waals surface area contributed by atoms with Crippen LogP contribution in [0.25, 0.3) is 0 Å². The van der Waals surface area contributed by atoms with E-state index in [1.807, 2.05) is 54.6 Å². The van der Waals surface area contributed by atoms with Crippen molar-refractivity contribution in [1.82, 2.24) is 15.1 Å². The fraction of sp³-hybridized carbons (Fsp3) is 0.318. The topological polar surface area (TPSA) is 74.2 Å². The van der Waals surface area contributed by atoms with Crippen LogP contribution in [0.4, 0.5) is 4.79 Å². The first-order chi connectivity index (χ1) is 14.4. The van der Waals surface area contributed by atoms with Gasteiger partial charge in [0.05, 0.1) is 12.9 Å². The highest BCUT2D eigenvalue weighted by Gasteiger charge is 2.57. The summed E-state index contributed by atoms with van der Waals surface area (Å²) in [7, 11) is 3.43. The highest BCUT2D eigenvalue weighted by Crippen LogP contribution is 2.35. The van der Waals surface area contributed by atoms with Gasteiger partial charge in [0, 0.05) is 25.5 Å². The van der Waals surface area contributed by atoms with E-state index in [2.05, 4.69) is 10.3 Å². The van der Waals surface area contributed by atoms with Gasteiger partial charge >= 0.3 is 6.03 Å². The van der Waals surface area contributed by atoms with Crippen molar-refractivity contribution in [2.24, 2.45) is 4.99 Å². The number of nitrogens with one attached hydrogen (secondary N) is 1. The minimum Gasteiger partial charge on any atom is -0.369 e. The van der Waals surface area contributed by atoms with Crippen molar-refractivity contribution >= 4 is 29.9 Å². The Kier molecular flexibility index (Phi) is 5.49. The molecule has 7 nitrogen and oxygen atoms in total. The molecular weight excluding hydrogens is 404 g/mol. The van der Waals surface area contributed by atoms with Gasteiger partial charge in [-0.2, -0.15) is 0 Å². The second-order valence-corrected chi connectivity index (χ2v) is 7.94. The maximum atomic E-state index is 12.9. The maximum Gasteiger partial charge on any atom is 0.325 e. The molecule has 4 rings (SSSR count). The van der Waals surface area contributed by atoms with E-state index in [0.29, 0.717) is 18.1 Å². The van der Waals surface area contributed by atoms with Gasteiger partial charge in [-0.15, -0.1) is 0 Å². The zero-order valence-corrected chi connectivity index (χ0v) is 17.5. The molecule has 0 aromatic heterocycles. The number of hydrogen-bond acceptors (Lipinski definition) is 5. The number of ether oxygens (including phenoxy) is 1. The van der Waals surface area contributed by atoms with Crippen molar-refractivity contribution in [2.45, 2.75) is 24.2 Å². The number of carbonyl (C=O) groups is 2. The molecule has 0 radical (unpaired) electrons. The van der Waals surface area contributed by atoms with Crippen molar-refractivity contribution < 1.29 is 14.3 Å². The molecule has 3 amide bonds. The largest absolute Gasteiger partial charge is 0.369 e. The number of urea groups is 1. The number of amides is 3. The van der Waals surface area contributed by atoms with Gasteiger partial charge in [-0.1, -0.05) is 54.1 Å². The number of aliphatic imine (C=N–C) groups is 1. The summed E-state index contributed by atoms with van der Waals surface area (Å²) >= 11 is 6.05. The molecule has 2 heterocycles. The molecule has 2 aromatic rings. The second kappa shape index (κ2) is 8.08. The van der Waals surface area contributed by atoms with Gasteiger partial charge in [-0.25, -0.2) is 9.79 Å². The van der Waals surface area contributed by atoms with Gasteiger partial charge in [0.15, 0.2) is 11.7 Å². The smallest absolute Gasteiger partial charge is 0.325 e. The highest BCUT2D eigenvalue weighted by molar-refractivity contribution is 6.30. The third kappa shape index (κ3) is 3.44. The SMILES string of the molecule is CN1C(=O)NC(=O)C2(CCOC(c3ccccc3)c3ccc(Cl)cc3)C1N=CN2C. The van der Waals surface area contributed by atoms with E-state index in [1.165, 1.54) is 4.90 Å². The number of halogens is 1. The lowest BCUT2D eigenvalue weighted by atomic mass is 9.88. The standard InChI is InChI=1S/C22H23ClN4O3/c1-26-14-24-19-22(26,20(28)25-21(29)27(19)2)12-13-30-18(15-6-4-3-5-7-15)16-8-10-17(23)11-9-16/h3-11,14,18-19H,12-13H2,1-2H3,(H,25,28,29). The lowest BCUT2D eigenvalue weighted by molar-refractivity contribution is -0.136. The van der Waals surface area contributed by atoms with Crippen LogP contribution >= 0.6 is 11.6 Å². The van der Waals surface area contributed by atoms with Crippen LogP contribution in [-0.4, -0.2) is 60.5 Å². The number of carbonyl (C=O) groups excluding carboxylic acids is 2. The number of imide groups is 1. The van der Waals surface area contributed by atoms with Crippen LogP contribution < -0.4 is 5.32 Å². The average molecular weight is 427 g/mol. The molecule has 0 aliphatic carbocycles. The van der Waals surface area contributed by atoms with E-state index in [4.69, 9.17) is 16.3 Å². The number of likely N-dealkylation sites (N-methyl/N-ethyl adjacent to an activating group) is 2. The van der Waals surface area contributed by atoms with Crippen molar-refractivity contribution in [3.8, 4) is 0 Å². The summed E-state index contributed by atoms with van der Waals surface area (Å²) in [6.45, 7) is 0.293. The predicted octanol–water partition coefficient (Wildman–Crippen LogP) is 3.06. The van der Waals surface area contributed by atoms with Gasteiger partial charge in [-0.3, -0.25) is 10.1 Å². The summed E-state index contributed by atoms with van der Waals surface area (Å²) in [5.41, 5.74) is 0.977. The molecule has 2 aliphatic rings. The average Bonchev–Trinajstić information content (AvgIpc) is 3.09. The van der Waals surface area contributed by atoms with Crippen LogP contribution in [-0.2, 0) is 9.53 Å². The van der Waals surface area contributed by atoms with Crippen LogP contribution in [0.2, 0.25) is 5.02 Å². The van der Waals surface area contributed by atoms with Crippen LogP contribution in [0, 0.1) is 0 Å². The van der Waals surface area contributed by atoms with E-state index in [-0.39, 0.29) is 12.0 Å². The summed E-state index contributed by atoms with van der Waals surface area (Å²) in [6.07, 6.45) is 1.08. The summed E-state index contributed by atoms with van der Waals surface area (Å²) in [6, 6.07) is 17.0. The zero-order chi connectivity index (χ0) is 21.3. The molecule has 0 bridgehead atoms. The van der Waals surface area contributed by atoms with Gasteiger partial charge < -0.3 is 14.5 Å². The van der Waals surface area contributed by atoms with Crippen LogP contribution in [0.5, 0.6) is 0 Å². The van der Waals surface area contributed by atoms with Crippen molar-refractivity contribution in [2.75, 3.05) is 20.7 Å². The molecule has 156 valence electrons. The van der Waals surface area contributed by atoms with E-state index in [1.54, 1.807) is 25.3 Å². The normalized spacial score (nSPS) is 24.0. The number of nitrogens with zero attached hydrogens (tertiary/aromatic N) is 3. The van der Waals surface area contributed by atoms with Gasteiger partial charge in [0.1, 0.15) is 6.10 Å². The first kappa shape index (κ1) is 20.4. The Morgan fingerprint density at radius 3 is 2.47 bits per heavy atom. The summed E-state index contributed by atoms with van der Waals surface area (Å²) in [4.78, 5) is 32.5. The molecule has 0 saturated carbocycles. The van der Waals surface area contributed by atoms with Crippen LogP contribution in [0.3, 0.4) is 0 Å². The molecule has 1 saturated heterocycles. The Balaban J connectivity index is 1.56. The molecule has 0 spiro atoms. The fourth-order valence-corrected chi connectivity index (χ4v) is 4.20. The molecule has 3 unspecified atom stereocenters. The number of benzene rings is 2. The molecule has 3 atom stereocenters. The Morgan fingerprint density at radius 1 is 1.10 bits per heavy atom. The Bertz CT molecular complexity index is 966. The first-order valence-corrected chi connectivity index (χ1v) is 10.1. The van der Waals surface area contributed by atoms with Crippen molar-refractivity contribution in [3.05, 3.63) is 70.7 Å². The molecule has 2 aliphatic heterocycles. The molecule has 1 fully saturated rings. The number of rotatable bonds is 6. The predicted molar refractivity (Wildman–Crippen MR) is 114 cm³/mol. The number of fused-ring (bicyclic) bond motifs is 1. The third-order valence-electron chi connectivity index (χ3n) is 5.78. The summed E-state index contributed by atoms with van der Waals surface area (Å²) in [5.74, 6) is -0.359. The van der Waals surface area contributed by atoms with Gasteiger partial charge in [-0.05, 0) is 23.3 Å². The lowest BCUT2D eigenvalue weighted by Gasteiger charge is -2.45. The lowest BCUT2D eigenvalue weighted by Crippen LogP contribution is -2.71. The Labute approximate surface area is 180 Å². The Hall–Kier alpha value is -2.90. The fourth-order valence-electron chi connectivity index (χ4n) is 4.08. The zero-order valence-electron chi connectivity index (χ0n) is 16.8. The van der Waals surface area contributed by atoms with Crippen molar-refractivity contribution in [1.29, 1.82) is 0 Å². The van der Waals surface area contributed by atoms with E-state index >= 15 is 0 Å². The molecule has 30 heavy (non-hydrogen) atoms. The van der Waals surface area contributed by atoms with Gasteiger partial charge in [0.2, 0.25) is 0 Å². The minimum atomic E-state index is -0.996. The Morgan fingerprint density at radius 2 is 1.77 bits per heavy atom. The minimum absolute atomic E-state index is 0.293. The van der Waals surface area contributed by atoms with Crippen LogP contribution in [0.15, 0.2) is 59.6 Å². The third-order valence-corrected chi connectivity index (χ3v) is 6.03. The molecular formula is C22H23ClN4O3. The van der Waals surface area contributed by atoms with Crippen molar-refractivity contribution in [3.63, 3.8) is 0 Å². The van der Waals surface area contributed by atoms with Gasteiger partial charge in [0.25, 0.3) is 5.91 Å². The van der Waals surface area contributed by atoms with E-state index in [0.717, 1.165) is 11.1 Å². The second-order valence-electron chi connectivity index (χ2n) is 7.51. The maximum absolute atomic E-state index is 12.9. The van der Waals surface area contributed by atoms with Crippen LogP contribution in [0.1, 0.15) is 23.7 Å². The molecule has 8 heteroatoms. The monoisotopic (exact) mass is 426 g/mol. The quantitative estimate of drug-likeness (QED) is 0.770. The molecule has 2 aromatic carbocycles. The summed E-state index contributed by atoms with van der Waals surface area (Å²) in [5, 5.41) is 3.09. The summed E-state index contributed by atoms with van der Waals surface area (Å²) < 4.78 is 6.31. The first-order valence-electron chi connectivity index (χ1n) is 9.70. The van der Waals surface area contributed by atoms with E-state index < -0.39 is 17.7 Å². The highest BCUT2D eigenvalue weighted by atomic mass is 35.5. The number of hydrogen-bond donors (Lipinski definition) is 1. The molecule has 1 N–H and O–H groups in total. The van der Waals surface area contributed by atoms with E-state index in [9.17, 15) is 9.59 Å².